The Labute approximate surface area is 185 Å². The predicted octanol–water partition coefficient (Wildman–Crippen LogP) is 5.76. The van der Waals surface area contributed by atoms with Gasteiger partial charge in [0.05, 0.1) is 21.2 Å². The molecule has 0 amide bonds. The van der Waals surface area contributed by atoms with Gasteiger partial charge in [-0.1, -0.05) is 24.8 Å². The van der Waals surface area contributed by atoms with Crippen LogP contribution >= 0.6 is 11.8 Å². The number of hydrogen-bond donors (Lipinski definition) is 0. The van der Waals surface area contributed by atoms with Crippen LogP contribution in [0.5, 0.6) is 0 Å². The Hall–Kier alpha value is -3.23. The summed E-state index contributed by atoms with van der Waals surface area (Å²) in [5.74, 6) is 0.209. The van der Waals surface area contributed by atoms with Gasteiger partial charge in [0.1, 0.15) is 6.61 Å². The third-order valence-electron chi connectivity index (χ3n) is 4.08. The molecule has 0 saturated heterocycles. The maximum atomic E-state index is 12.6. The zero-order valence-corrected chi connectivity index (χ0v) is 18.2. The van der Waals surface area contributed by atoms with Crippen molar-refractivity contribution in [2.75, 3.05) is 12.4 Å². The van der Waals surface area contributed by atoms with Gasteiger partial charge in [-0.3, -0.25) is 0 Å². The topological polar surface area (TPSA) is 85.2 Å². The summed E-state index contributed by atoms with van der Waals surface area (Å²) in [6, 6.07) is 22.0. The Morgan fingerprint density at radius 3 is 2.00 bits per heavy atom. The summed E-state index contributed by atoms with van der Waals surface area (Å²) in [5.41, 5.74) is 1.22. The zero-order chi connectivity index (χ0) is 22.1. The first-order chi connectivity index (χ1) is 15.0. The fourth-order valence-electron chi connectivity index (χ4n) is 2.51. The normalized spacial score (nSPS) is 11.4. The smallest absolute Gasteiger partial charge is 0.330 e. The Morgan fingerprint density at radius 2 is 1.42 bits per heavy atom. The summed E-state index contributed by atoms with van der Waals surface area (Å²) in [6.07, 6.45) is 1.14. The standard InChI is InChI=1S/C23H20N2O4S2/c1-2-23(26)29-16-17-30-20-12-8-18(9-13-20)24-25-19-10-14-22(15-11-19)31(27,28)21-6-4-3-5-7-21/h2-15H,1,16-17H2/b25-24+. The van der Waals surface area contributed by atoms with Gasteiger partial charge in [0, 0.05) is 16.7 Å². The van der Waals surface area contributed by atoms with Crippen molar-refractivity contribution in [3.63, 3.8) is 0 Å². The largest absolute Gasteiger partial charge is 0.462 e. The Balaban J connectivity index is 1.58. The highest BCUT2D eigenvalue weighted by Crippen LogP contribution is 2.26. The third kappa shape index (κ3) is 6.37. The first kappa shape index (κ1) is 22.5. The van der Waals surface area contributed by atoms with E-state index in [2.05, 4.69) is 16.8 Å². The molecule has 6 nitrogen and oxygen atoms in total. The van der Waals surface area contributed by atoms with E-state index in [0.717, 1.165) is 11.0 Å². The van der Waals surface area contributed by atoms with Gasteiger partial charge >= 0.3 is 5.97 Å². The van der Waals surface area contributed by atoms with Gasteiger partial charge < -0.3 is 4.74 Å². The Kier molecular flexibility index (Phi) is 7.75. The number of esters is 1. The molecule has 0 aromatic heterocycles. The van der Waals surface area contributed by atoms with Gasteiger partial charge in [0.2, 0.25) is 9.84 Å². The fraction of sp³-hybridized carbons (Fsp3) is 0.0870. The molecule has 0 aliphatic heterocycles. The first-order valence-corrected chi connectivity index (χ1v) is 11.8. The van der Waals surface area contributed by atoms with E-state index in [1.807, 2.05) is 24.3 Å². The van der Waals surface area contributed by atoms with E-state index in [9.17, 15) is 13.2 Å². The third-order valence-corrected chi connectivity index (χ3v) is 6.84. The molecule has 0 heterocycles. The molecule has 31 heavy (non-hydrogen) atoms. The minimum absolute atomic E-state index is 0.206. The maximum Gasteiger partial charge on any atom is 0.330 e. The number of rotatable bonds is 9. The van der Waals surface area contributed by atoms with Gasteiger partial charge in [0.25, 0.3) is 0 Å². The lowest BCUT2D eigenvalue weighted by molar-refractivity contribution is -0.137. The number of sulfone groups is 1. The van der Waals surface area contributed by atoms with Crippen molar-refractivity contribution in [2.45, 2.75) is 14.7 Å². The highest BCUT2D eigenvalue weighted by molar-refractivity contribution is 7.99. The van der Waals surface area contributed by atoms with E-state index in [-0.39, 0.29) is 9.79 Å². The van der Waals surface area contributed by atoms with Crippen molar-refractivity contribution in [3.05, 3.63) is 91.5 Å². The molecular weight excluding hydrogens is 432 g/mol. The predicted molar refractivity (Wildman–Crippen MR) is 121 cm³/mol. The highest BCUT2D eigenvalue weighted by atomic mass is 32.2. The van der Waals surface area contributed by atoms with Crippen LogP contribution in [0.15, 0.2) is 116 Å². The quantitative estimate of drug-likeness (QED) is 0.136. The molecule has 0 bridgehead atoms. The second-order valence-corrected chi connectivity index (χ2v) is 9.34. The lowest BCUT2D eigenvalue weighted by Crippen LogP contribution is -2.03. The summed E-state index contributed by atoms with van der Waals surface area (Å²) < 4.78 is 30.2. The van der Waals surface area contributed by atoms with Crippen molar-refractivity contribution in [1.82, 2.24) is 0 Å². The molecule has 0 atom stereocenters. The number of carbonyl (C=O) groups excluding carboxylic acids is 1. The summed E-state index contributed by atoms with van der Waals surface area (Å²) in [7, 11) is -3.55. The summed E-state index contributed by atoms with van der Waals surface area (Å²) in [6.45, 7) is 3.66. The number of ether oxygens (including phenoxy) is 1. The van der Waals surface area contributed by atoms with Crippen LogP contribution in [-0.2, 0) is 19.4 Å². The Morgan fingerprint density at radius 1 is 0.871 bits per heavy atom. The number of thioether (sulfide) groups is 1. The van der Waals surface area contributed by atoms with E-state index in [4.69, 9.17) is 4.74 Å². The molecule has 0 spiro atoms. The minimum Gasteiger partial charge on any atom is -0.462 e. The van der Waals surface area contributed by atoms with Gasteiger partial charge in [-0.15, -0.1) is 11.8 Å². The SMILES string of the molecule is C=CC(=O)OCCSc1ccc(/N=N/c2ccc(S(=O)(=O)c3ccccc3)cc2)cc1. The Bertz CT molecular complexity index is 1160. The lowest BCUT2D eigenvalue weighted by Gasteiger charge is -2.04. The maximum absolute atomic E-state index is 12.6. The number of azo groups is 1. The molecule has 0 fully saturated rings. The van der Waals surface area contributed by atoms with Gasteiger partial charge in [-0.25, -0.2) is 13.2 Å². The second kappa shape index (κ2) is 10.7. The monoisotopic (exact) mass is 452 g/mol. The van der Waals surface area contributed by atoms with E-state index < -0.39 is 15.8 Å². The number of benzene rings is 3. The molecule has 0 unspecified atom stereocenters. The number of hydrogen-bond acceptors (Lipinski definition) is 7. The van der Waals surface area contributed by atoms with Gasteiger partial charge in [0.15, 0.2) is 0 Å². The first-order valence-electron chi connectivity index (χ1n) is 9.33. The van der Waals surface area contributed by atoms with E-state index >= 15 is 0 Å². The summed E-state index contributed by atoms with van der Waals surface area (Å²) >= 11 is 1.56. The average Bonchev–Trinajstić information content (AvgIpc) is 2.82. The zero-order valence-electron chi connectivity index (χ0n) is 16.5. The van der Waals surface area contributed by atoms with Crippen LogP contribution in [0.1, 0.15) is 0 Å². The molecule has 8 heteroatoms. The van der Waals surface area contributed by atoms with Crippen LogP contribution in [0.25, 0.3) is 0 Å². The molecule has 0 aliphatic carbocycles. The molecule has 158 valence electrons. The van der Waals surface area contributed by atoms with Crippen molar-refractivity contribution >= 4 is 38.9 Å². The molecular formula is C23H20N2O4S2. The minimum atomic E-state index is -3.55. The van der Waals surface area contributed by atoms with Crippen molar-refractivity contribution in [2.24, 2.45) is 10.2 Å². The average molecular weight is 453 g/mol. The van der Waals surface area contributed by atoms with Crippen molar-refractivity contribution in [3.8, 4) is 0 Å². The number of nitrogens with zero attached hydrogens (tertiary/aromatic N) is 2. The molecule has 0 N–H and O–H groups in total. The molecule has 0 radical (unpaired) electrons. The van der Waals surface area contributed by atoms with E-state index in [0.29, 0.717) is 23.7 Å². The van der Waals surface area contributed by atoms with E-state index in [1.54, 1.807) is 54.2 Å². The molecule has 3 aromatic rings. The second-order valence-electron chi connectivity index (χ2n) is 6.22. The summed E-state index contributed by atoms with van der Waals surface area (Å²) in [5, 5.41) is 8.35. The van der Waals surface area contributed by atoms with Crippen molar-refractivity contribution in [1.29, 1.82) is 0 Å². The van der Waals surface area contributed by atoms with Gasteiger partial charge in [-0.2, -0.15) is 10.2 Å². The highest BCUT2D eigenvalue weighted by Gasteiger charge is 2.16. The van der Waals surface area contributed by atoms with Crippen LogP contribution in [0.3, 0.4) is 0 Å². The van der Waals surface area contributed by atoms with E-state index in [1.165, 1.54) is 12.1 Å². The lowest BCUT2D eigenvalue weighted by atomic mass is 10.3. The van der Waals surface area contributed by atoms with Crippen LogP contribution in [-0.4, -0.2) is 26.7 Å². The molecule has 0 aliphatic rings. The molecule has 0 saturated carbocycles. The van der Waals surface area contributed by atoms with Crippen LogP contribution in [0.4, 0.5) is 11.4 Å². The van der Waals surface area contributed by atoms with Crippen LogP contribution in [0, 0.1) is 0 Å². The summed E-state index contributed by atoms with van der Waals surface area (Å²) in [4.78, 5) is 12.5. The van der Waals surface area contributed by atoms with Gasteiger partial charge in [-0.05, 0) is 60.7 Å². The van der Waals surface area contributed by atoms with Crippen LogP contribution < -0.4 is 0 Å². The molecule has 3 rings (SSSR count). The van der Waals surface area contributed by atoms with Crippen LogP contribution in [0.2, 0.25) is 0 Å². The molecule has 3 aromatic carbocycles. The van der Waals surface area contributed by atoms with Crippen molar-refractivity contribution < 1.29 is 17.9 Å². The fourth-order valence-corrected chi connectivity index (χ4v) is 4.53. The number of carbonyl (C=O) groups is 1.